The number of carbonyl (C=O) groups excluding carboxylic acids is 1. The van der Waals surface area contributed by atoms with Crippen molar-refractivity contribution in [3.8, 4) is 0 Å². The van der Waals surface area contributed by atoms with Gasteiger partial charge in [0.15, 0.2) is 0 Å². The van der Waals surface area contributed by atoms with Crippen molar-refractivity contribution in [2.75, 3.05) is 16.8 Å². The minimum absolute atomic E-state index is 0.318. The molecule has 0 aliphatic carbocycles. The van der Waals surface area contributed by atoms with E-state index in [1.54, 1.807) is 30.6 Å². The molecule has 2 heterocycles. The van der Waals surface area contributed by atoms with Gasteiger partial charge in [0.1, 0.15) is 0 Å². The lowest BCUT2D eigenvalue weighted by Gasteiger charge is -2.35. The highest BCUT2D eigenvalue weighted by molar-refractivity contribution is 6.35. The third-order valence-electron chi connectivity index (χ3n) is 4.43. The molecule has 1 unspecified atom stereocenters. The Morgan fingerprint density at radius 1 is 1.28 bits per heavy atom. The van der Waals surface area contributed by atoms with Crippen LogP contribution in [0.15, 0.2) is 30.6 Å². The second kappa shape index (κ2) is 8.02. The van der Waals surface area contributed by atoms with Gasteiger partial charge in [-0.05, 0) is 43.9 Å². The number of carbonyl (C=O) groups is 1. The minimum Gasteiger partial charge on any atom is -0.338 e. The first-order valence-corrected chi connectivity index (χ1v) is 9.19. The van der Waals surface area contributed by atoms with Crippen molar-refractivity contribution in [1.82, 2.24) is 9.97 Å². The largest absolute Gasteiger partial charge is 0.338 e. The topological polar surface area (TPSA) is 58.1 Å². The van der Waals surface area contributed by atoms with E-state index in [-0.39, 0.29) is 5.91 Å². The van der Waals surface area contributed by atoms with Crippen LogP contribution in [-0.4, -0.2) is 28.5 Å². The number of amides is 1. The number of piperidine rings is 1. The smallest absolute Gasteiger partial charge is 0.258 e. The minimum atomic E-state index is -0.318. The van der Waals surface area contributed by atoms with Crippen molar-refractivity contribution in [1.29, 1.82) is 0 Å². The molecule has 1 aromatic heterocycles. The molecule has 1 aliphatic rings. The maximum atomic E-state index is 12.4. The van der Waals surface area contributed by atoms with Crippen molar-refractivity contribution in [2.45, 2.75) is 38.6 Å². The lowest BCUT2D eigenvalue weighted by atomic mass is 10.0. The fourth-order valence-electron chi connectivity index (χ4n) is 3.06. The van der Waals surface area contributed by atoms with Crippen molar-refractivity contribution < 1.29 is 4.79 Å². The van der Waals surface area contributed by atoms with E-state index in [1.807, 2.05) is 0 Å². The number of halogens is 2. The summed E-state index contributed by atoms with van der Waals surface area (Å²) in [4.78, 5) is 23.4. The molecule has 0 saturated carbocycles. The number of aromatic nitrogens is 2. The van der Waals surface area contributed by atoms with Gasteiger partial charge >= 0.3 is 0 Å². The number of hydrogen-bond acceptors (Lipinski definition) is 4. The summed E-state index contributed by atoms with van der Waals surface area (Å²) in [6.45, 7) is 3.14. The molecule has 1 aliphatic heterocycles. The van der Waals surface area contributed by atoms with Crippen LogP contribution in [0.4, 0.5) is 11.6 Å². The van der Waals surface area contributed by atoms with Gasteiger partial charge in [-0.3, -0.25) is 4.79 Å². The van der Waals surface area contributed by atoms with E-state index in [0.717, 1.165) is 25.8 Å². The standard InChI is InChI=1S/C18H20Cl2N4O/c1-2-14-5-3-4-8-24(14)18-21-10-12(11-22-18)17(25)23-16-9-13(19)6-7-15(16)20/h6-7,9-11,14H,2-5,8H2,1H3,(H,23,25). The van der Waals surface area contributed by atoms with Gasteiger partial charge in [-0.25, -0.2) is 9.97 Å². The van der Waals surface area contributed by atoms with Crippen molar-refractivity contribution in [3.05, 3.63) is 46.2 Å². The van der Waals surface area contributed by atoms with Gasteiger partial charge in [0, 0.05) is 30.0 Å². The number of anilines is 2. The van der Waals surface area contributed by atoms with Gasteiger partial charge in [0.05, 0.1) is 16.3 Å². The normalized spacial score (nSPS) is 17.4. The van der Waals surface area contributed by atoms with E-state index in [0.29, 0.717) is 33.3 Å². The molecule has 25 heavy (non-hydrogen) atoms. The van der Waals surface area contributed by atoms with Crippen LogP contribution in [0.2, 0.25) is 10.0 Å². The molecule has 5 nitrogen and oxygen atoms in total. The molecule has 1 aromatic carbocycles. The monoisotopic (exact) mass is 378 g/mol. The summed E-state index contributed by atoms with van der Waals surface area (Å²) < 4.78 is 0. The van der Waals surface area contributed by atoms with Gasteiger partial charge in [-0.15, -0.1) is 0 Å². The zero-order valence-corrected chi connectivity index (χ0v) is 15.5. The zero-order chi connectivity index (χ0) is 17.8. The average Bonchev–Trinajstić information content (AvgIpc) is 2.64. The van der Waals surface area contributed by atoms with Crippen LogP contribution in [-0.2, 0) is 0 Å². The van der Waals surface area contributed by atoms with E-state index in [9.17, 15) is 4.79 Å². The Morgan fingerprint density at radius 3 is 2.76 bits per heavy atom. The molecule has 0 bridgehead atoms. The van der Waals surface area contributed by atoms with Crippen molar-refractivity contribution in [2.24, 2.45) is 0 Å². The Kier molecular flexibility index (Phi) is 5.76. The summed E-state index contributed by atoms with van der Waals surface area (Å²) in [6, 6.07) is 5.38. The second-order valence-electron chi connectivity index (χ2n) is 6.10. The highest BCUT2D eigenvalue weighted by Gasteiger charge is 2.23. The van der Waals surface area contributed by atoms with Crippen LogP contribution in [0.5, 0.6) is 0 Å². The average molecular weight is 379 g/mol. The van der Waals surface area contributed by atoms with Gasteiger partial charge in [-0.2, -0.15) is 0 Å². The quantitative estimate of drug-likeness (QED) is 0.829. The second-order valence-corrected chi connectivity index (χ2v) is 6.94. The van der Waals surface area contributed by atoms with Gasteiger partial charge in [0.2, 0.25) is 5.95 Å². The van der Waals surface area contributed by atoms with E-state index < -0.39 is 0 Å². The fraction of sp³-hybridized carbons (Fsp3) is 0.389. The van der Waals surface area contributed by atoms with Crippen LogP contribution in [0, 0.1) is 0 Å². The Bertz CT molecular complexity index is 751. The molecule has 3 rings (SSSR count). The summed E-state index contributed by atoms with van der Waals surface area (Å²) in [5.74, 6) is 0.366. The lowest BCUT2D eigenvalue weighted by Crippen LogP contribution is -2.40. The van der Waals surface area contributed by atoms with Gasteiger partial charge in [-0.1, -0.05) is 30.1 Å². The molecular weight excluding hydrogens is 359 g/mol. The van der Waals surface area contributed by atoms with Crippen LogP contribution < -0.4 is 10.2 Å². The Hall–Kier alpha value is -1.85. The molecule has 2 aromatic rings. The highest BCUT2D eigenvalue weighted by Crippen LogP contribution is 2.26. The van der Waals surface area contributed by atoms with E-state index in [4.69, 9.17) is 23.2 Å². The number of benzene rings is 1. The SMILES string of the molecule is CCC1CCCCN1c1ncc(C(=O)Nc2cc(Cl)ccc2Cl)cn1. The Labute approximate surface area is 157 Å². The summed E-state index contributed by atoms with van der Waals surface area (Å²) in [5, 5.41) is 3.66. The summed E-state index contributed by atoms with van der Waals surface area (Å²) in [7, 11) is 0. The van der Waals surface area contributed by atoms with Crippen LogP contribution >= 0.6 is 23.2 Å². The maximum Gasteiger partial charge on any atom is 0.258 e. The Morgan fingerprint density at radius 2 is 2.04 bits per heavy atom. The molecule has 1 N–H and O–H groups in total. The third-order valence-corrected chi connectivity index (χ3v) is 5.00. The number of rotatable bonds is 4. The molecule has 0 radical (unpaired) electrons. The fourth-order valence-corrected chi connectivity index (χ4v) is 3.40. The van der Waals surface area contributed by atoms with Crippen molar-refractivity contribution in [3.63, 3.8) is 0 Å². The van der Waals surface area contributed by atoms with Crippen LogP contribution in [0.1, 0.15) is 43.0 Å². The molecule has 132 valence electrons. The predicted molar refractivity (Wildman–Crippen MR) is 102 cm³/mol. The van der Waals surface area contributed by atoms with Crippen LogP contribution in [0.25, 0.3) is 0 Å². The first-order valence-electron chi connectivity index (χ1n) is 8.43. The van der Waals surface area contributed by atoms with Gasteiger partial charge < -0.3 is 10.2 Å². The predicted octanol–water partition coefficient (Wildman–Crippen LogP) is 4.80. The van der Waals surface area contributed by atoms with Crippen molar-refractivity contribution >= 4 is 40.7 Å². The van der Waals surface area contributed by atoms with Gasteiger partial charge in [0.25, 0.3) is 5.91 Å². The molecule has 1 fully saturated rings. The van der Waals surface area contributed by atoms with Crippen LogP contribution in [0.3, 0.4) is 0 Å². The molecule has 1 saturated heterocycles. The summed E-state index contributed by atoms with van der Waals surface area (Å²) >= 11 is 12.0. The van der Waals surface area contributed by atoms with E-state index in [2.05, 4.69) is 27.1 Å². The first-order chi connectivity index (χ1) is 12.1. The third kappa shape index (κ3) is 4.22. The molecule has 1 amide bonds. The summed E-state index contributed by atoms with van der Waals surface area (Å²) in [6.07, 6.45) is 7.73. The molecule has 0 spiro atoms. The number of hydrogen-bond donors (Lipinski definition) is 1. The highest BCUT2D eigenvalue weighted by atomic mass is 35.5. The molecule has 7 heteroatoms. The van der Waals surface area contributed by atoms with E-state index in [1.165, 1.54) is 6.42 Å². The molecule has 1 atom stereocenters. The molecular formula is C18H20Cl2N4O. The number of nitrogens with zero attached hydrogens (tertiary/aromatic N) is 3. The summed E-state index contributed by atoms with van der Waals surface area (Å²) in [5.41, 5.74) is 0.843. The lowest BCUT2D eigenvalue weighted by molar-refractivity contribution is 0.102. The number of nitrogens with one attached hydrogen (secondary N) is 1. The first kappa shape index (κ1) is 18.0. The maximum absolute atomic E-state index is 12.4. The zero-order valence-electron chi connectivity index (χ0n) is 14.0. The van der Waals surface area contributed by atoms with E-state index >= 15 is 0 Å². The Balaban J connectivity index is 1.73.